The molecule has 0 spiro atoms. The minimum Gasteiger partial charge on any atom is -0.357 e. The van der Waals surface area contributed by atoms with Crippen molar-refractivity contribution in [1.29, 1.82) is 0 Å². The first-order valence-corrected chi connectivity index (χ1v) is 5.74. The fourth-order valence-corrected chi connectivity index (χ4v) is 2.05. The highest BCUT2D eigenvalue weighted by atomic mass is 16.2. The highest BCUT2D eigenvalue weighted by Gasteiger charge is 2.37. The lowest BCUT2D eigenvalue weighted by molar-refractivity contribution is -0.130. The predicted octanol–water partition coefficient (Wildman–Crippen LogP) is -0.244. The lowest BCUT2D eigenvalue weighted by atomic mass is 9.66. The summed E-state index contributed by atoms with van der Waals surface area (Å²) in [7, 11) is 1.55. The fraction of sp³-hybridized carbons (Fsp3) is 0.818. The van der Waals surface area contributed by atoms with Crippen LogP contribution in [0, 0.1) is 5.41 Å². The van der Waals surface area contributed by atoms with Crippen LogP contribution < -0.4 is 16.4 Å². The molecule has 1 atom stereocenters. The van der Waals surface area contributed by atoms with Crippen LogP contribution in [0.5, 0.6) is 0 Å². The van der Waals surface area contributed by atoms with Gasteiger partial charge in [0.2, 0.25) is 11.8 Å². The van der Waals surface area contributed by atoms with Crippen molar-refractivity contribution in [3.8, 4) is 0 Å². The van der Waals surface area contributed by atoms with Gasteiger partial charge in [-0.1, -0.05) is 6.42 Å². The molecule has 1 rings (SSSR count). The van der Waals surface area contributed by atoms with Gasteiger partial charge in [0.05, 0.1) is 0 Å². The van der Waals surface area contributed by atoms with E-state index in [-0.39, 0.29) is 17.2 Å². The van der Waals surface area contributed by atoms with Crippen LogP contribution in [0.1, 0.15) is 32.6 Å². The molecule has 1 saturated carbocycles. The zero-order chi connectivity index (χ0) is 12.2. The number of carbonyl (C=O) groups excluding carboxylic acids is 2. The van der Waals surface area contributed by atoms with Crippen LogP contribution in [0.2, 0.25) is 0 Å². The van der Waals surface area contributed by atoms with Crippen molar-refractivity contribution in [2.45, 2.75) is 38.6 Å². The van der Waals surface area contributed by atoms with Gasteiger partial charge in [-0.25, -0.2) is 0 Å². The van der Waals surface area contributed by atoms with E-state index in [0.29, 0.717) is 13.0 Å². The molecule has 0 bridgehead atoms. The van der Waals surface area contributed by atoms with Crippen molar-refractivity contribution >= 4 is 11.8 Å². The fourth-order valence-electron chi connectivity index (χ4n) is 2.05. The van der Waals surface area contributed by atoms with Crippen LogP contribution in [0.3, 0.4) is 0 Å². The summed E-state index contributed by atoms with van der Waals surface area (Å²) < 4.78 is 0. The molecule has 1 aliphatic carbocycles. The van der Waals surface area contributed by atoms with E-state index in [1.165, 1.54) is 0 Å². The van der Waals surface area contributed by atoms with E-state index in [9.17, 15) is 9.59 Å². The Morgan fingerprint density at radius 1 is 1.44 bits per heavy atom. The van der Waals surface area contributed by atoms with E-state index in [4.69, 9.17) is 5.73 Å². The van der Waals surface area contributed by atoms with Gasteiger partial charge in [0.15, 0.2) is 0 Å². The van der Waals surface area contributed by atoms with Crippen LogP contribution in [0.4, 0.5) is 0 Å². The Labute approximate surface area is 96.1 Å². The molecule has 0 saturated heterocycles. The molecule has 0 aromatic rings. The number of hydrogen-bond acceptors (Lipinski definition) is 3. The van der Waals surface area contributed by atoms with E-state index < -0.39 is 6.04 Å². The van der Waals surface area contributed by atoms with Gasteiger partial charge < -0.3 is 16.4 Å². The topological polar surface area (TPSA) is 84.2 Å². The van der Waals surface area contributed by atoms with E-state index in [1.54, 1.807) is 14.0 Å². The number of rotatable bonds is 5. The number of carbonyl (C=O) groups is 2. The highest BCUT2D eigenvalue weighted by Crippen LogP contribution is 2.42. The first kappa shape index (κ1) is 13.0. The SMILES string of the molecule is CNC(=O)C(C)NC(=O)CC1(CN)CCC1. The van der Waals surface area contributed by atoms with Crippen LogP contribution in [-0.4, -0.2) is 31.4 Å². The molecule has 92 valence electrons. The first-order valence-electron chi connectivity index (χ1n) is 5.74. The Hall–Kier alpha value is -1.10. The maximum Gasteiger partial charge on any atom is 0.242 e. The van der Waals surface area contributed by atoms with Crippen LogP contribution in [0.25, 0.3) is 0 Å². The van der Waals surface area contributed by atoms with E-state index in [2.05, 4.69) is 10.6 Å². The van der Waals surface area contributed by atoms with Crippen LogP contribution in [-0.2, 0) is 9.59 Å². The lowest BCUT2D eigenvalue weighted by Crippen LogP contribution is -2.47. The van der Waals surface area contributed by atoms with Gasteiger partial charge in [0.25, 0.3) is 0 Å². The van der Waals surface area contributed by atoms with Gasteiger partial charge in [-0.3, -0.25) is 9.59 Å². The van der Waals surface area contributed by atoms with Crippen molar-refractivity contribution in [2.24, 2.45) is 11.1 Å². The zero-order valence-electron chi connectivity index (χ0n) is 10.0. The van der Waals surface area contributed by atoms with Gasteiger partial charge in [0, 0.05) is 13.5 Å². The van der Waals surface area contributed by atoms with Gasteiger partial charge >= 0.3 is 0 Å². The molecule has 4 N–H and O–H groups in total. The maximum absolute atomic E-state index is 11.7. The third kappa shape index (κ3) is 2.95. The zero-order valence-corrected chi connectivity index (χ0v) is 10.0. The minimum absolute atomic E-state index is 0.00745. The third-order valence-corrected chi connectivity index (χ3v) is 3.40. The smallest absolute Gasteiger partial charge is 0.242 e. The molecule has 0 radical (unpaired) electrons. The molecule has 0 heterocycles. The summed E-state index contributed by atoms with van der Waals surface area (Å²) in [4.78, 5) is 22.9. The third-order valence-electron chi connectivity index (χ3n) is 3.40. The Morgan fingerprint density at radius 2 is 2.06 bits per heavy atom. The normalized spacial score (nSPS) is 19.4. The molecule has 1 aliphatic rings. The monoisotopic (exact) mass is 227 g/mol. The molecule has 5 nitrogen and oxygen atoms in total. The van der Waals surface area contributed by atoms with E-state index in [0.717, 1.165) is 19.3 Å². The Morgan fingerprint density at radius 3 is 2.44 bits per heavy atom. The summed E-state index contributed by atoms with van der Waals surface area (Å²) in [6.07, 6.45) is 3.62. The number of hydrogen-bond donors (Lipinski definition) is 3. The summed E-state index contributed by atoms with van der Waals surface area (Å²) in [5.41, 5.74) is 5.67. The van der Waals surface area contributed by atoms with E-state index in [1.807, 2.05) is 0 Å². The second kappa shape index (κ2) is 5.30. The second-order valence-electron chi connectivity index (χ2n) is 4.64. The van der Waals surface area contributed by atoms with E-state index >= 15 is 0 Å². The summed E-state index contributed by atoms with van der Waals surface area (Å²) in [5, 5.41) is 5.18. The molecule has 0 aromatic heterocycles. The number of nitrogens with one attached hydrogen (secondary N) is 2. The first-order chi connectivity index (χ1) is 7.53. The summed E-state index contributed by atoms with van der Waals surface area (Å²) >= 11 is 0. The highest BCUT2D eigenvalue weighted by molar-refractivity contribution is 5.87. The Kier molecular flexibility index (Phi) is 4.29. The van der Waals surface area contributed by atoms with Gasteiger partial charge in [0.1, 0.15) is 6.04 Å². The largest absolute Gasteiger partial charge is 0.357 e. The maximum atomic E-state index is 11.7. The van der Waals surface area contributed by atoms with Crippen LogP contribution in [0.15, 0.2) is 0 Å². The van der Waals surface area contributed by atoms with Crippen molar-refractivity contribution in [1.82, 2.24) is 10.6 Å². The lowest BCUT2D eigenvalue weighted by Gasteiger charge is -2.40. The van der Waals surface area contributed by atoms with Gasteiger partial charge in [-0.15, -0.1) is 0 Å². The average molecular weight is 227 g/mol. The Bertz CT molecular complexity index is 269. The molecule has 1 fully saturated rings. The van der Waals surface area contributed by atoms with Crippen molar-refractivity contribution in [3.05, 3.63) is 0 Å². The molecule has 0 aromatic carbocycles. The van der Waals surface area contributed by atoms with Gasteiger partial charge in [-0.05, 0) is 31.7 Å². The molecule has 5 heteroatoms. The molecule has 0 aliphatic heterocycles. The van der Waals surface area contributed by atoms with Crippen molar-refractivity contribution < 1.29 is 9.59 Å². The molecule has 2 amide bonds. The number of nitrogens with two attached hydrogens (primary N) is 1. The predicted molar refractivity (Wildman–Crippen MR) is 61.6 cm³/mol. The van der Waals surface area contributed by atoms with Crippen molar-refractivity contribution in [3.63, 3.8) is 0 Å². The van der Waals surface area contributed by atoms with Gasteiger partial charge in [-0.2, -0.15) is 0 Å². The second-order valence-corrected chi connectivity index (χ2v) is 4.64. The molecule has 16 heavy (non-hydrogen) atoms. The average Bonchev–Trinajstić information content (AvgIpc) is 2.22. The quantitative estimate of drug-likeness (QED) is 0.606. The van der Waals surface area contributed by atoms with Crippen LogP contribution >= 0.6 is 0 Å². The summed E-state index contributed by atoms with van der Waals surface area (Å²) in [6, 6.07) is -0.479. The number of likely N-dealkylation sites (N-methyl/N-ethyl adjacent to an activating group) is 1. The molecular formula is C11H21N3O2. The standard InChI is InChI=1S/C11H21N3O2/c1-8(10(16)13-2)14-9(15)6-11(7-12)4-3-5-11/h8H,3-7,12H2,1-2H3,(H,13,16)(H,14,15). The Balaban J connectivity index is 2.38. The number of amides is 2. The summed E-state index contributed by atoms with van der Waals surface area (Å²) in [6.45, 7) is 2.22. The molecular weight excluding hydrogens is 206 g/mol. The van der Waals surface area contributed by atoms with Crippen molar-refractivity contribution in [2.75, 3.05) is 13.6 Å². The summed E-state index contributed by atoms with van der Waals surface area (Å²) in [5.74, 6) is -0.259. The molecule has 1 unspecified atom stereocenters. The minimum atomic E-state index is -0.479.